The highest BCUT2D eigenvalue weighted by atomic mass is 16.3. The van der Waals surface area contributed by atoms with Crippen molar-refractivity contribution in [1.82, 2.24) is 15.1 Å². The van der Waals surface area contributed by atoms with Crippen molar-refractivity contribution in [2.24, 2.45) is 0 Å². The van der Waals surface area contributed by atoms with Crippen molar-refractivity contribution >= 4 is 11.8 Å². The predicted octanol–water partition coefficient (Wildman–Crippen LogP) is 1.80. The van der Waals surface area contributed by atoms with Crippen LogP contribution < -0.4 is 5.32 Å². The van der Waals surface area contributed by atoms with Crippen molar-refractivity contribution in [1.29, 1.82) is 0 Å². The van der Waals surface area contributed by atoms with Crippen molar-refractivity contribution in [3.63, 3.8) is 0 Å². The molecule has 2 rings (SSSR count). The number of piperazine rings is 1. The normalized spacial score (nSPS) is 15.7. The molecule has 25 heavy (non-hydrogen) atoms. The van der Waals surface area contributed by atoms with Crippen LogP contribution in [0.2, 0.25) is 0 Å². The summed E-state index contributed by atoms with van der Waals surface area (Å²) >= 11 is 0. The molecular formula is C19H29N3O3. The van der Waals surface area contributed by atoms with Crippen LogP contribution >= 0.6 is 0 Å². The van der Waals surface area contributed by atoms with Crippen LogP contribution in [0.1, 0.15) is 49.5 Å². The largest absolute Gasteiger partial charge is 0.507 e. The van der Waals surface area contributed by atoms with Crippen LogP contribution in [-0.4, -0.2) is 65.5 Å². The zero-order valence-corrected chi connectivity index (χ0v) is 15.6. The van der Waals surface area contributed by atoms with E-state index in [1.54, 1.807) is 17.0 Å². The fourth-order valence-corrected chi connectivity index (χ4v) is 2.93. The Labute approximate surface area is 149 Å². The van der Waals surface area contributed by atoms with E-state index >= 15 is 0 Å². The van der Waals surface area contributed by atoms with Crippen LogP contribution in [0.3, 0.4) is 0 Å². The number of hydrogen-bond donors (Lipinski definition) is 2. The van der Waals surface area contributed by atoms with Crippen molar-refractivity contribution in [2.45, 2.75) is 39.7 Å². The van der Waals surface area contributed by atoms with Gasteiger partial charge in [0.2, 0.25) is 5.91 Å². The summed E-state index contributed by atoms with van der Waals surface area (Å²) in [6.07, 6.45) is 0. The predicted molar refractivity (Wildman–Crippen MR) is 97.8 cm³/mol. The van der Waals surface area contributed by atoms with Gasteiger partial charge in [0.15, 0.2) is 0 Å². The topological polar surface area (TPSA) is 72.9 Å². The molecule has 0 atom stereocenters. The molecule has 1 aromatic rings. The lowest BCUT2D eigenvalue weighted by Crippen LogP contribution is -2.51. The van der Waals surface area contributed by atoms with Gasteiger partial charge in [-0.25, -0.2) is 0 Å². The number of nitrogens with one attached hydrogen (secondary N) is 1. The van der Waals surface area contributed by atoms with Gasteiger partial charge < -0.3 is 15.3 Å². The Kier molecular flexibility index (Phi) is 6.42. The van der Waals surface area contributed by atoms with Gasteiger partial charge in [-0.05, 0) is 37.5 Å². The van der Waals surface area contributed by atoms with Crippen molar-refractivity contribution in [3.05, 3.63) is 29.3 Å². The fourth-order valence-electron chi connectivity index (χ4n) is 2.93. The molecule has 0 saturated carbocycles. The first kappa shape index (κ1) is 19.2. The van der Waals surface area contributed by atoms with Crippen molar-refractivity contribution in [2.75, 3.05) is 32.7 Å². The van der Waals surface area contributed by atoms with Crippen LogP contribution in [0, 0.1) is 0 Å². The molecule has 0 radical (unpaired) electrons. The van der Waals surface area contributed by atoms with Gasteiger partial charge in [0.05, 0.1) is 12.1 Å². The van der Waals surface area contributed by atoms with E-state index in [4.69, 9.17) is 0 Å². The summed E-state index contributed by atoms with van der Waals surface area (Å²) < 4.78 is 0. The Morgan fingerprint density at radius 3 is 2.32 bits per heavy atom. The summed E-state index contributed by atoms with van der Waals surface area (Å²) in [7, 11) is 0. The first-order chi connectivity index (χ1) is 11.8. The molecule has 1 fully saturated rings. The maximum Gasteiger partial charge on any atom is 0.257 e. The highest BCUT2D eigenvalue weighted by Crippen LogP contribution is 2.24. The molecule has 2 N–H and O–H groups in total. The number of rotatable bonds is 5. The maximum atomic E-state index is 12.7. The Hall–Kier alpha value is -2.08. The van der Waals surface area contributed by atoms with Crippen LogP contribution in [0.15, 0.2) is 18.2 Å². The Morgan fingerprint density at radius 1 is 1.12 bits per heavy atom. The molecule has 0 unspecified atom stereocenters. The van der Waals surface area contributed by atoms with Crippen LogP contribution in [-0.2, 0) is 4.79 Å². The lowest BCUT2D eigenvalue weighted by molar-refractivity contribution is -0.123. The van der Waals surface area contributed by atoms with Crippen LogP contribution in [0.5, 0.6) is 5.75 Å². The van der Waals surface area contributed by atoms with Gasteiger partial charge in [-0.1, -0.05) is 19.9 Å². The highest BCUT2D eigenvalue weighted by molar-refractivity contribution is 5.97. The number of aromatic hydroxyl groups is 1. The number of nitrogens with zero attached hydrogens (tertiary/aromatic N) is 2. The van der Waals surface area contributed by atoms with E-state index in [0.29, 0.717) is 44.2 Å². The standard InChI is InChI=1S/C19H29N3O3/c1-13(2)15-5-6-17(23)16(11-15)19(25)22-9-7-21(8-10-22)12-18(24)20-14(3)4/h5-6,11,13-14,23H,7-10,12H2,1-4H3,(H,20,24). The second-order valence-corrected chi connectivity index (χ2v) is 7.22. The van der Waals surface area contributed by atoms with Crippen molar-refractivity contribution in [3.8, 4) is 5.75 Å². The Bertz CT molecular complexity index is 620. The minimum absolute atomic E-state index is 0.0112. The summed E-state index contributed by atoms with van der Waals surface area (Å²) in [6.45, 7) is 10.8. The monoisotopic (exact) mass is 347 g/mol. The van der Waals surface area contributed by atoms with E-state index in [0.717, 1.165) is 5.56 Å². The van der Waals surface area contributed by atoms with Gasteiger partial charge in [-0.2, -0.15) is 0 Å². The minimum atomic E-state index is -0.147. The molecule has 0 aliphatic carbocycles. The molecule has 6 heteroatoms. The summed E-state index contributed by atoms with van der Waals surface area (Å²) in [4.78, 5) is 28.4. The number of benzene rings is 1. The van der Waals surface area contributed by atoms with E-state index in [1.807, 2.05) is 24.8 Å². The third kappa shape index (κ3) is 5.19. The van der Waals surface area contributed by atoms with E-state index in [-0.39, 0.29) is 23.6 Å². The van der Waals surface area contributed by atoms with E-state index in [1.165, 1.54) is 0 Å². The highest BCUT2D eigenvalue weighted by Gasteiger charge is 2.25. The summed E-state index contributed by atoms with van der Waals surface area (Å²) in [5.74, 6) is 0.181. The zero-order chi connectivity index (χ0) is 18.6. The lowest BCUT2D eigenvalue weighted by Gasteiger charge is -2.34. The van der Waals surface area contributed by atoms with Crippen LogP contribution in [0.25, 0.3) is 0 Å². The van der Waals surface area contributed by atoms with Gasteiger partial charge in [-0.15, -0.1) is 0 Å². The average molecular weight is 347 g/mol. The molecule has 138 valence electrons. The Balaban J connectivity index is 1.95. The Morgan fingerprint density at radius 2 is 1.76 bits per heavy atom. The number of phenolic OH excluding ortho intramolecular Hbond substituents is 1. The minimum Gasteiger partial charge on any atom is -0.507 e. The number of amides is 2. The third-order valence-corrected chi connectivity index (χ3v) is 4.39. The number of phenols is 1. The second kappa shape index (κ2) is 8.34. The van der Waals surface area contributed by atoms with E-state index < -0.39 is 0 Å². The van der Waals surface area contributed by atoms with Gasteiger partial charge in [0.25, 0.3) is 5.91 Å². The van der Waals surface area contributed by atoms with E-state index in [2.05, 4.69) is 19.2 Å². The quantitative estimate of drug-likeness (QED) is 0.852. The average Bonchev–Trinajstić information content (AvgIpc) is 2.54. The van der Waals surface area contributed by atoms with E-state index in [9.17, 15) is 14.7 Å². The number of carbonyl (C=O) groups excluding carboxylic acids is 2. The lowest BCUT2D eigenvalue weighted by atomic mass is 9.99. The molecule has 1 heterocycles. The summed E-state index contributed by atoms with van der Waals surface area (Å²) in [5, 5.41) is 12.9. The smallest absolute Gasteiger partial charge is 0.257 e. The molecular weight excluding hydrogens is 318 g/mol. The number of hydrogen-bond acceptors (Lipinski definition) is 4. The second-order valence-electron chi connectivity index (χ2n) is 7.22. The molecule has 1 aliphatic rings. The first-order valence-corrected chi connectivity index (χ1v) is 8.91. The molecule has 0 spiro atoms. The van der Waals surface area contributed by atoms with Gasteiger partial charge in [-0.3, -0.25) is 14.5 Å². The molecule has 1 saturated heterocycles. The summed E-state index contributed by atoms with van der Waals surface area (Å²) in [5.41, 5.74) is 1.39. The van der Waals surface area contributed by atoms with Gasteiger partial charge in [0, 0.05) is 32.2 Å². The maximum absolute atomic E-state index is 12.7. The van der Waals surface area contributed by atoms with Crippen LogP contribution in [0.4, 0.5) is 0 Å². The third-order valence-electron chi connectivity index (χ3n) is 4.39. The molecule has 2 amide bonds. The van der Waals surface area contributed by atoms with Crippen molar-refractivity contribution < 1.29 is 14.7 Å². The first-order valence-electron chi connectivity index (χ1n) is 8.91. The number of carbonyl (C=O) groups is 2. The molecule has 1 aliphatic heterocycles. The van der Waals surface area contributed by atoms with Gasteiger partial charge >= 0.3 is 0 Å². The zero-order valence-electron chi connectivity index (χ0n) is 15.6. The molecule has 0 aromatic heterocycles. The molecule has 6 nitrogen and oxygen atoms in total. The SMILES string of the molecule is CC(C)NC(=O)CN1CCN(C(=O)c2cc(C(C)C)ccc2O)CC1. The molecule has 1 aromatic carbocycles. The summed E-state index contributed by atoms with van der Waals surface area (Å²) in [6, 6.07) is 5.36. The fraction of sp³-hybridized carbons (Fsp3) is 0.579. The molecule has 0 bridgehead atoms. The van der Waals surface area contributed by atoms with Gasteiger partial charge in [0.1, 0.15) is 5.75 Å².